The molecular formula is C6H11NS. The van der Waals surface area contributed by atoms with Gasteiger partial charge in [0.05, 0.1) is 5.03 Å². The van der Waals surface area contributed by atoms with Crippen LogP contribution in [0.4, 0.5) is 0 Å². The van der Waals surface area contributed by atoms with Gasteiger partial charge in [-0.25, -0.2) is 0 Å². The summed E-state index contributed by atoms with van der Waals surface area (Å²) < 4.78 is 0. The summed E-state index contributed by atoms with van der Waals surface area (Å²) in [5.74, 6) is 0. The molecule has 0 amide bonds. The predicted molar refractivity (Wildman–Crippen MR) is 40.9 cm³/mol. The highest BCUT2D eigenvalue weighted by Gasteiger charge is 1.82. The smallest absolute Gasteiger partial charge is 0.0675 e. The van der Waals surface area contributed by atoms with Crippen LogP contribution >= 0.6 is 11.8 Å². The molecule has 0 heterocycles. The van der Waals surface area contributed by atoms with E-state index in [0.29, 0.717) is 0 Å². The van der Waals surface area contributed by atoms with Crippen molar-refractivity contribution in [2.45, 2.75) is 0 Å². The molecule has 0 aliphatic carbocycles. The number of hydrogen-bond donors (Lipinski definition) is 1. The predicted octanol–water partition coefficient (Wildman–Crippen LogP) is 1.60. The van der Waals surface area contributed by atoms with Crippen LogP contribution in [0.2, 0.25) is 0 Å². The normalized spacial score (nSPS) is 11.0. The van der Waals surface area contributed by atoms with Gasteiger partial charge in [-0.1, -0.05) is 12.7 Å². The third kappa shape index (κ3) is 2.75. The minimum Gasteiger partial charge on any atom is -0.383 e. The van der Waals surface area contributed by atoms with Gasteiger partial charge in [0, 0.05) is 7.05 Å². The number of allylic oxidation sites excluding steroid dienone is 2. The second kappa shape index (κ2) is 4.78. The lowest BCUT2D eigenvalue weighted by Gasteiger charge is -1.97. The van der Waals surface area contributed by atoms with Crippen molar-refractivity contribution < 1.29 is 0 Å². The minimum atomic E-state index is 1.14. The fraction of sp³-hybridized carbons (Fsp3) is 0.333. The van der Waals surface area contributed by atoms with E-state index in [0.717, 1.165) is 5.03 Å². The summed E-state index contributed by atoms with van der Waals surface area (Å²) in [5, 5.41) is 4.14. The highest BCUT2D eigenvalue weighted by atomic mass is 32.2. The molecule has 0 saturated heterocycles. The van der Waals surface area contributed by atoms with Crippen molar-refractivity contribution in [1.82, 2.24) is 5.32 Å². The summed E-state index contributed by atoms with van der Waals surface area (Å²) in [6.45, 7) is 3.57. The first-order valence-electron chi connectivity index (χ1n) is 2.39. The molecule has 0 aromatic carbocycles. The highest BCUT2D eigenvalue weighted by molar-refractivity contribution is 8.02. The summed E-state index contributed by atoms with van der Waals surface area (Å²) in [6, 6.07) is 0. The third-order valence-electron chi connectivity index (χ3n) is 0.736. The Labute approximate surface area is 54.9 Å². The molecule has 0 atom stereocenters. The maximum absolute atomic E-state index is 3.57. The summed E-state index contributed by atoms with van der Waals surface area (Å²) in [4.78, 5) is 0. The Morgan fingerprint density at radius 3 is 2.50 bits per heavy atom. The maximum atomic E-state index is 3.57. The highest BCUT2D eigenvalue weighted by Crippen LogP contribution is 2.04. The van der Waals surface area contributed by atoms with E-state index < -0.39 is 0 Å². The lowest BCUT2D eigenvalue weighted by atomic mass is 10.6. The van der Waals surface area contributed by atoms with E-state index in [1.807, 2.05) is 19.4 Å². The third-order valence-corrected chi connectivity index (χ3v) is 1.52. The van der Waals surface area contributed by atoms with Gasteiger partial charge < -0.3 is 5.32 Å². The van der Waals surface area contributed by atoms with Gasteiger partial charge in [0.25, 0.3) is 0 Å². The molecule has 0 rings (SSSR count). The second-order valence-electron chi connectivity index (χ2n) is 1.22. The van der Waals surface area contributed by atoms with E-state index in [1.165, 1.54) is 0 Å². The van der Waals surface area contributed by atoms with Crippen molar-refractivity contribution in [3.8, 4) is 0 Å². The van der Waals surface area contributed by atoms with E-state index in [2.05, 4.69) is 11.9 Å². The van der Waals surface area contributed by atoms with Crippen LogP contribution in [0.25, 0.3) is 0 Å². The minimum absolute atomic E-state index is 1.14. The monoisotopic (exact) mass is 129 g/mol. The SMILES string of the molecule is C=C/C=C(/NC)SC. The number of nitrogens with one attached hydrogen (secondary N) is 1. The molecule has 0 saturated carbocycles. The molecule has 0 aromatic rings. The van der Waals surface area contributed by atoms with Gasteiger partial charge in [-0.3, -0.25) is 0 Å². The molecule has 0 aromatic heterocycles. The molecule has 1 nitrogen and oxygen atoms in total. The molecule has 0 radical (unpaired) electrons. The summed E-state index contributed by atoms with van der Waals surface area (Å²) in [5.41, 5.74) is 0. The summed E-state index contributed by atoms with van der Waals surface area (Å²) in [7, 11) is 1.89. The van der Waals surface area contributed by atoms with Crippen LogP contribution in [0.1, 0.15) is 0 Å². The fourth-order valence-electron chi connectivity index (χ4n) is 0.360. The van der Waals surface area contributed by atoms with E-state index in [1.54, 1.807) is 17.8 Å². The molecule has 1 N–H and O–H groups in total. The van der Waals surface area contributed by atoms with Crippen LogP contribution in [0.3, 0.4) is 0 Å². The lowest BCUT2D eigenvalue weighted by molar-refractivity contribution is 1.08. The standard InChI is InChI=1S/C6H11NS/c1-4-5-6(7-2)8-3/h4-5,7H,1H2,2-3H3/b6-5-. The van der Waals surface area contributed by atoms with E-state index in [4.69, 9.17) is 0 Å². The molecule has 8 heavy (non-hydrogen) atoms. The van der Waals surface area contributed by atoms with E-state index >= 15 is 0 Å². The Bertz CT molecular complexity index is 90.7. The van der Waals surface area contributed by atoms with Gasteiger partial charge in [0.1, 0.15) is 0 Å². The zero-order valence-electron chi connectivity index (χ0n) is 5.27. The topological polar surface area (TPSA) is 12.0 Å². The Kier molecular flexibility index (Phi) is 4.56. The van der Waals surface area contributed by atoms with Crippen LogP contribution in [0.5, 0.6) is 0 Å². The van der Waals surface area contributed by atoms with Gasteiger partial charge in [-0.05, 0) is 12.3 Å². The summed E-state index contributed by atoms with van der Waals surface area (Å²) in [6.07, 6.45) is 5.72. The van der Waals surface area contributed by atoms with Gasteiger partial charge in [0.2, 0.25) is 0 Å². The average molecular weight is 129 g/mol. The molecule has 0 fully saturated rings. The second-order valence-corrected chi connectivity index (χ2v) is 2.07. The van der Waals surface area contributed by atoms with Crippen molar-refractivity contribution in [2.24, 2.45) is 0 Å². The van der Waals surface area contributed by atoms with Crippen molar-refractivity contribution >= 4 is 11.8 Å². The first-order valence-corrected chi connectivity index (χ1v) is 3.62. The van der Waals surface area contributed by atoms with E-state index in [-0.39, 0.29) is 0 Å². The number of hydrogen-bond acceptors (Lipinski definition) is 2. The van der Waals surface area contributed by atoms with Crippen LogP contribution in [0, 0.1) is 0 Å². The van der Waals surface area contributed by atoms with Crippen LogP contribution < -0.4 is 5.32 Å². The summed E-state index contributed by atoms with van der Waals surface area (Å²) >= 11 is 1.67. The average Bonchev–Trinajstić information content (AvgIpc) is 1.83. The molecule has 46 valence electrons. The Morgan fingerprint density at radius 1 is 1.75 bits per heavy atom. The van der Waals surface area contributed by atoms with Crippen LogP contribution in [-0.4, -0.2) is 13.3 Å². The molecule has 0 spiro atoms. The van der Waals surface area contributed by atoms with E-state index in [9.17, 15) is 0 Å². The van der Waals surface area contributed by atoms with Crippen LogP contribution in [-0.2, 0) is 0 Å². The zero-order chi connectivity index (χ0) is 6.41. The quantitative estimate of drug-likeness (QED) is 0.581. The maximum Gasteiger partial charge on any atom is 0.0675 e. The first kappa shape index (κ1) is 7.63. The number of rotatable bonds is 3. The van der Waals surface area contributed by atoms with Gasteiger partial charge in [0.15, 0.2) is 0 Å². The van der Waals surface area contributed by atoms with Crippen LogP contribution in [0.15, 0.2) is 23.8 Å². The first-order chi connectivity index (χ1) is 3.85. The molecule has 0 unspecified atom stereocenters. The number of thioether (sulfide) groups is 1. The van der Waals surface area contributed by atoms with Crippen molar-refractivity contribution in [2.75, 3.05) is 13.3 Å². The Morgan fingerprint density at radius 2 is 2.38 bits per heavy atom. The van der Waals surface area contributed by atoms with Gasteiger partial charge >= 0.3 is 0 Å². The molecule has 0 aliphatic rings. The Hall–Kier alpha value is -0.370. The largest absolute Gasteiger partial charge is 0.383 e. The van der Waals surface area contributed by atoms with Crippen molar-refractivity contribution in [3.63, 3.8) is 0 Å². The molecule has 2 heteroatoms. The lowest BCUT2D eigenvalue weighted by Crippen LogP contribution is -2.00. The molecular weight excluding hydrogens is 118 g/mol. The zero-order valence-corrected chi connectivity index (χ0v) is 6.09. The van der Waals surface area contributed by atoms with Crippen molar-refractivity contribution in [3.05, 3.63) is 23.8 Å². The van der Waals surface area contributed by atoms with Gasteiger partial charge in [-0.15, -0.1) is 11.8 Å². The molecule has 0 bridgehead atoms. The van der Waals surface area contributed by atoms with Gasteiger partial charge in [-0.2, -0.15) is 0 Å². The van der Waals surface area contributed by atoms with Crippen molar-refractivity contribution in [1.29, 1.82) is 0 Å². The Balaban J connectivity index is 3.66. The molecule has 0 aliphatic heterocycles. The fourth-order valence-corrected chi connectivity index (χ4v) is 0.797.